The second-order valence-corrected chi connectivity index (χ2v) is 12.4. The van der Waals surface area contributed by atoms with Crippen LogP contribution < -0.4 is 15.9 Å². The maximum Gasteiger partial charge on any atom is 0.420 e. The van der Waals surface area contributed by atoms with Crippen LogP contribution >= 0.6 is 11.6 Å². The van der Waals surface area contributed by atoms with Gasteiger partial charge in [-0.25, -0.2) is 14.3 Å². The number of phenols is 1. The van der Waals surface area contributed by atoms with E-state index in [9.17, 15) is 32.7 Å². The number of carbonyl (C=O) groups is 2. The van der Waals surface area contributed by atoms with Crippen LogP contribution in [0.3, 0.4) is 0 Å². The zero-order chi connectivity index (χ0) is 34.7. The number of amides is 3. The van der Waals surface area contributed by atoms with E-state index in [0.29, 0.717) is 44.8 Å². The molecule has 4 heterocycles. The molecule has 3 N–H and O–H groups in total. The minimum absolute atomic E-state index is 0.0232. The van der Waals surface area contributed by atoms with Gasteiger partial charge in [-0.15, -0.1) is 5.10 Å². The third kappa shape index (κ3) is 7.66. The van der Waals surface area contributed by atoms with E-state index in [1.165, 1.54) is 9.58 Å². The van der Waals surface area contributed by atoms with Crippen molar-refractivity contribution in [3.63, 3.8) is 0 Å². The first-order chi connectivity index (χ1) is 23.5. The molecule has 2 aliphatic rings. The van der Waals surface area contributed by atoms with E-state index >= 15 is 0 Å². The third-order valence-corrected chi connectivity index (χ3v) is 9.16. The van der Waals surface area contributed by atoms with Gasteiger partial charge in [0.05, 0.1) is 16.6 Å². The Morgan fingerprint density at radius 3 is 2.31 bits per heavy atom. The number of nitrogens with one attached hydrogen (secondary N) is 2. The van der Waals surface area contributed by atoms with Crippen LogP contribution in [0.4, 0.5) is 23.7 Å². The molecule has 3 amide bonds. The normalized spacial score (nSPS) is 16.4. The molecule has 0 bridgehead atoms. The zero-order valence-corrected chi connectivity index (χ0v) is 27.0. The van der Waals surface area contributed by atoms with Gasteiger partial charge in [-0.3, -0.25) is 14.8 Å². The van der Waals surface area contributed by atoms with E-state index in [2.05, 4.69) is 25.3 Å². The first-order valence-corrected chi connectivity index (χ1v) is 16.2. The van der Waals surface area contributed by atoms with Crippen LogP contribution in [0.15, 0.2) is 71.8 Å². The summed E-state index contributed by atoms with van der Waals surface area (Å²) in [6, 6.07) is 12.8. The number of aromatic hydroxyl groups is 1. The monoisotopic (exact) mass is 698 g/mol. The average molecular weight is 699 g/mol. The Labute approximate surface area is 284 Å². The van der Waals surface area contributed by atoms with Crippen molar-refractivity contribution in [3.8, 4) is 17.1 Å². The number of piperidine rings is 1. The number of phenolic OH excluding ortho intramolecular Hbond substituents is 1. The molecule has 2 fully saturated rings. The smallest absolute Gasteiger partial charge is 0.420 e. The molecule has 49 heavy (non-hydrogen) atoms. The quantitative estimate of drug-likeness (QED) is 0.261. The Kier molecular flexibility index (Phi) is 9.81. The summed E-state index contributed by atoms with van der Waals surface area (Å²) in [7, 11) is 0. The molecule has 4 aromatic rings. The number of aromatic nitrogens is 4. The van der Waals surface area contributed by atoms with Gasteiger partial charge in [0.25, 0.3) is 0 Å². The Morgan fingerprint density at radius 2 is 1.65 bits per heavy atom. The molecule has 2 aliphatic heterocycles. The van der Waals surface area contributed by atoms with Gasteiger partial charge >= 0.3 is 17.9 Å². The van der Waals surface area contributed by atoms with Crippen molar-refractivity contribution in [1.82, 2.24) is 34.9 Å². The number of nitrogens with zero attached hydrogens (tertiary/aromatic N) is 6. The largest absolute Gasteiger partial charge is 0.506 e. The van der Waals surface area contributed by atoms with E-state index in [4.69, 9.17) is 11.6 Å². The third-order valence-electron chi connectivity index (χ3n) is 8.87. The second kappa shape index (κ2) is 14.2. The fourth-order valence-electron chi connectivity index (χ4n) is 6.25. The molecule has 0 spiro atoms. The highest BCUT2D eigenvalue weighted by atomic mass is 35.5. The Bertz CT molecular complexity index is 1840. The van der Waals surface area contributed by atoms with Crippen LogP contribution in [0.2, 0.25) is 5.02 Å². The standard InChI is InChI=1S/C33H34ClF3N8O4/c34-26-19-21(18-25(28(26)46)33(35,36)37)20-27(30(47)43-16-14-42(15-17-43)23-6-10-38-11-7-23)39-31(48)44-12-8-24(9-13-44)45-32(49)40-29(41-45)22-4-2-1-3-5-22/h1-7,10-11,18-19,24,27,46H,8-9,12-17,20H2,(H,39,48)(H,40,41,49)/t27-/m1/s1. The van der Waals surface area contributed by atoms with Gasteiger partial charge in [-0.2, -0.15) is 13.2 Å². The van der Waals surface area contributed by atoms with Gasteiger partial charge in [0, 0.05) is 69.3 Å². The van der Waals surface area contributed by atoms with E-state index in [-0.39, 0.29) is 36.8 Å². The Morgan fingerprint density at radius 1 is 0.980 bits per heavy atom. The molecule has 2 saturated heterocycles. The number of urea groups is 1. The number of hydrogen-bond acceptors (Lipinski definition) is 7. The number of hydrogen-bond donors (Lipinski definition) is 3. The van der Waals surface area contributed by atoms with Crippen molar-refractivity contribution >= 4 is 29.2 Å². The highest BCUT2D eigenvalue weighted by molar-refractivity contribution is 6.32. The van der Waals surface area contributed by atoms with E-state index < -0.39 is 40.5 Å². The molecule has 0 radical (unpaired) electrons. The summed E-state index contributed by atoms with van der Waals surface area (Å²) in [4.78, 5) is 52.2. The van der Waals surface area contributed by atoms with Gasteiger partial charge in [-0.05, 0) is 42.7 Å². The van der Waals surface area contributed by atoms with E-state index in [1.807, 2.05) is 42.5 Å². The molecule has 12 nitrogen and oxygen atoms in total. The number of H-pyrrole nitrogens is 1. The van der Waals surface area contributed by atoms with Crippen molar-refractivity contribution in [3.05, 3.63) is 93.6 Å². The van der Waals surface area contributed by atoms with Crippen LogP contribution in [0, 0.1) is 0 Å². The average Bonchev–Trinajstić information content (AvgIpc) is 3.51. The van der Waals surface area contributed by atoms with Crippen LogP contribution in [0.25, 0.3) is 11.4 Å². The second-order valence-electron chi connectivity index (χ2n) is 12.0. The van der Waals surface area contributed by atoms with Gasteiger partial charge in [0.1, 0.15) is 11.8 Å². The highest BCUT2D eigenvalue weighted by Crippen LogP contribution is 2.40. The minimum Gasteiger partial charge on any atom is -0.506 e. The van der Waals surface area contributed by atoms with Gasteiger partial charge in [-0.1, -0.05) is 41.9 Å². The van der Waals surface area contributed by atoms with Crippen LogP contribution in [0.1, 0.15) is 30.0 Å². The van der Waals surface area contributed by atoms with Gasteiger partial charge in [0.2, 0.25) is 5.91 Å². The van der Waals surface area contributed by atoms with Gasteiger partial charge < -0.3 is 25.1 Å². The number of piperazine rings is 1. The number of carbonyl (C=O) groups excluding carboxylic acids is 2. The summed E-state index contributed by atoms with van der Waals surface area (Å²) in [5.74, 6) is -1.12. The number of aromatic amines is 1. The molecular formula is C33H34ClF3N8O4. The maximum atomic E-state index is 13.9. The molecule has 0 saturated carbocycles. The van der Waals surface area contributed by atoms with Crippen molar-refractivity contribution in [1.29, 1.82) is 0 Å². The summed E-state index contributed by atoms with van der Waals surface area (Å²) >= 11 is 5.97. The molecule has 6 rings (SSSR count). The number of pyridine rings is 1. The zero-order valence-electron chi connectivity index (χ0n) is 26.2. The Hall–Kier alpha value is -5.05. The Balaban J connectivity index is 1.16. The van der Waals surface area contributed by atoms with Gasteiger partial charge in [0.15, 0.2) is 5.82 Å². The predicted octanol–water partition coefficient (Wildman–Crippen LogP) is 4.32. The summed E-state index contributed by atoms with van der Waals surface area (Å²) in [5.41, 5.74) is 0.0472. The summed E-state index contributed by atoms with van der Waals surface area (Å²) in [5, 5.41) is 16.7. The topological polar surface area (TPSA) is 140 Å². The lowest BCUT2D eigenvalue weighted by molar-refractivity contribution is -0.138. The molecule has 2 aromatic carbocycles. The fourth-order valence-corrected chi connectivity index (χ4v) is 6.49. The van der Waals surface area contributed by atoms with E-state index in [0.717, 1.165) is 23.4 Å². The highest BCUT2D eigenvalue weighted by Gasteiger charge is 2.37. The van der Waals surface area contributed by atoms with Crippen LogP contribution in [0.5, 0.6) is 5.75 Å². The number of alkyl halides is 3. The van der Waals surface area contributed by atoms with Crippen molar-refractivity contribution in [2.24, 2.45) is 0 Å². The summed E-state index contributed by atoms with van der Waals surface area (Å²) < 4.78 is 42.4. The predicted molar refractivity (Wildman–Crippen MR) is 175 cm³/mol. The first-order valence-electron chi connectivity index (χ1n) is 15.8. The van der Waals surface area contributed by atoms with Crippen molar-refractivity contribution < 1.29 is 27.9 Å². The fraction of sp³-hybridized carbons (Fsp3) is 0.364. The molecule has 0 aliphatic carbocycles. The molecule has 258 valence electrons. The number of anilines is 1. The lowest BCUT2D eigenvalue weighted by atomic mass is 10.0. The lowest BCUT2D eigenvalue weighted by Crippen LogP contribution is -2.57. The molecule has 1 atom stereocenters. The number of likely N-dealkylation sites (tertiary alicyclic amines) is 1. The molecular weight excluding hydrogens is 665 g/mol. The van der Waals surface area contributed by atoms with Crippen molar-refractivity contribution in [2.75, 3.05) is 44.2 Å². The SMILES string of the molecule is O=C(N[C@H](Cc1cc(Cl)c(O)c(C(F)(F)F)c1)C(=O)N1CCN(c2ccncc2)CC1)N1CCC(n2nc(-c3ccccc3)[nH]c2=O)CC1. The lowest BCUT2D eigenvalue weighted by Gasteiger charge is -2.38. The van der Waals surface area contributed by atoms with E-state index in [1.54, 1.807) is 17.3 Å². The number of halogens is 4. The summed E-state index contributed by atoms with van der Waals surface area (Å²) in [6.45, 7) is 2.17. The first kappa shape index (κ1) is 33.8. The number of rotatable bonds is 7. The molecule has 2 aromatic heterocycles. The summed E-state index contributed by atoms with van der Waals surface area (Å²) in [6.07, 6.45) is -0.991. The minimum atomic E-state index is -4.89. The van der Waals surface area contributed by atoms with Crippen LogP contribution in [-0.4, -0.2) is 91.9 Å². The maximum absolute atomic E-state index is 13.9. The molecule has 0 unspecified atom stereocenters. The van der Waals surface area contributed by atoms with Crippen molar-refractivity contribution in [2.45, 2.75) is 37.5 Å². The molecule has 16 heteroatoms. The van der Waals surface area contributed by atoms with Crippen LogP contribution in [-0.2, 0) is 17.4 Å². The number of benzene rings is 2.